The van der Waals surface area contributed by atoms with Gasteiger partial charge in [-0.05, 0) is 34.6 Å². The van der Waals surface area contributed by atoms with E-state index in [2.05, 4.69) is 10.6 Å². The van der Waals surface area contributed by atoms with E-state index in [0.717, 1.165) is 4.90 Å². The van der Waals surface area contributed by atoms with Gasteiger partial charge in [-0.2, -0.15) is 0 Å². The second kappa shape index (κ2) is 9.34. The lowest BCUT2D eigenvalue weighted by Gasteiger charge is -2.26. The molecule has 0 heterocycles. The highest BCUT2D eigenvalue weighted by molar-refractivity contribution is 5.89. The Kier molecular flexibility index (Phi) is 8.60. The molecule has 23 heavy (non-hydrogen) atoms. The van der Waals surface area contributed by atoms with Crippen LogP contribution in [0.3, 0.4) is 0 Å². The molecule has 0 aliphatic heterocycles. The zero-order valence-electron chi connectivity index (χ0n) is 15.1. The predicted octanol–water partition coefficient (Wildman–Crippen LogP) is 0.509. The van der Waals surface area contributed by atoms with Gasteiger partial charge < -0.3 is 25.0 Å². The second-order valence-corrected chi connectivity index (χ2v) is 6.22. The summed E-state index contributed by atoms with van der Waals surface area (Å²) in [7, 11) is 2.91. The molecule has 0 aromatic rings. The van der Waals surface area contributed by atoms with Gasteiger partial charge in [0.25, 0.3) is 0 Å². The lowest BCUT2D eigenvalue weighted by atomic mass is 10.1. The highest BCUT2D eigenvalue weighted by Crippen LogP contribution is 2.09. The fourth-order valence-electron chi connectivity index (χ4n) is 1.66. The van der Waals surface area contributed by atoms with E-state index < -0.39 is 29.7 Å². The summed E-state index contributed by atoms with van der Waals surface area (Å²) >= 11 is 0. The topological polar surface area (TPSA) is 97.0 Å². The molecule has 2 N–H and O–H groups in total. The molecule has 0 saturated heterocycles. The van der Waals surface area contributed by atoms with Gasteiger partial charge >= 0.3 is 6.09 Å². The van der Waals surface area contributed by atoms with Crippen molar-refractivity contribution in [1.82, 2.24) is 15.5 Å². The number of carbonyl (C=O) groups excluding carboxylic acids is 3. The van der Waals surface area contributed by atoms with Crippen molar-refractivity contribution in [3.63, 3.8) is 0 Å². The van der Waals surface area contributed by atoms with Crippen LogP contribution in [0.15, 0.2) is 0 Å². The molecule has 0 aliphatic rings. The van der Waals surface area contributed by atoms with Gasteiger partial charge in [0.05, 0.1) is 6.10 Å². The highest BCUT2D eigenvalue weighted by Gasteiger charge is 2.28. The van der Waals surface area contributed by atoms with Crippen molar-refractivity contribution >= 4 is 17.9 Å². The molecular formula is C15H29N3O5. The van der Waals surface area contributed by atoms with E-state index in [1.54, 1.807) is 34.6 Å². The average molecular weight is 331 g/mol. The first-order valence-corrected chi connectivity index (χ1v) is 7.55. The summed E-state index contributed by atoms with van der Waals surface area (Å²) in [5.74, 6) is -0.811. The first-order chi connectivity index (χ1) is 10.5. The van der Waals surface area contributed by atoms with Gasteiger partial charge in [-0.1, -0.05) is 0 Å². The Balaban J connectivity index is 4.69. The number of ether oxygens (including phenoxy) is 2. The van der Waals surface area contributed by atoms with Crippen LogP contribution in [0, 0.1) is 0 Å². The monoisotopic (exact) mass is 331 g/mol. The maximum atomic E-state index is 12.1. The van der Waals surface area contributed by atoms with Gasteiger partial charge in [0.2, 0.25) is 11.8 Å². The second-order valence-electron chi connectivity index (χ2n) is 6.22. The summed E-state index contributed by atoms with van der Waals surface area (Å²) in [4.78, 5) is 37.0. The molecule has 8 heteroatoms. The Bertz CT molecular complexity index is 420. The number of carbonyl (C=O) groups is 3. The van der Waals surface area contributed by atoms with Crippen molar-refractivity contribution in [3.8, 4) is 0 Å². The van der Waals surface area contributed by atoms with Crippen LogP contribution < -0.4 is 10.6 Å². The van der Waals surface area contributed by atoms with E-state index in [1.807, 2.05) is 0 Å². The Morgan fingerprint density at radius 3 is 2.22 bits per heavy atom. The average Bonchev–Trinajstić information content (AvgIpc) is 2.42. The van der Waals surface area contributed by atoms with Gasteiger partial charge in [0.1, 0.15) is 18.2 Å². The molecule has 2 unspecified atom stereocenters. The molecule has 0 saturated carbocycles. The molecule has 2 atom stereocenters. The maximum Gasteiger partial charge on any atom is 0.410 e. The van der Waals surface area contributed by atoms with Gasteiger partial charge in [-0.15, -0.1) is 0 Å². The standard InChI is InChI=1S/C15H29N3O5/c1-8-16-13(20)12(10(2)22-7)17-11(19)9-18(6)14(21)23-15(3,4)5/h10,12H,8-9H2,1-7H3,(H,16,20)(H,17,19). The minimum Gasteiger partial charge on any atom is -0.444 e. The molecule has 0 spiro atoms. The zero-order chi connectivity index (χ0) is 18.2. The number of hydrogen-bond acceptors (Lipinski definition) is 5. The fraction of sp³-hybridized carbons (Fsp3) is 0.800. The normalized spacial score (nSPS) is 13.7. The van der Waals surface area contributed by atoms with Crippen LogP contribution in [-0.4, -0.2) is 67.8 Å². The minimum absolute atomic E-state index is 0.221. The van der Waals surface area contributed by atoms with E-state index in [-0.39, 0.29) is 12.5 Å². The number of methoxy groups -OCH3 is 1. The van der Waals surface area contributed by atoms with Crippen LogP contribution >= 0.6 is 0 Å². The molecule has 134 valence electrons. The van der Waals surface area contributed by atoms with Crippen LogP contribution in [0.1, 0.15) is 34.6 Å². The summed E-state index contributed by atoms with van der Waals surface area (Å²) in [5, 5.41) is 5.21. The molecule has 0 aliphatic carbocycles. The number of likely N-dealkylation sites (N-methyl/N-ethyl adjacent to an activating group) is 2. The summed E-state index contributed by atoms with van der Waals surface area (Å²) < 4.78 is 10.3. The molecule has 0 rings (SSSR count). The summed E-state index contributed by atoms with van der Waals surface area (Å²) in [5.41, 5.74) is -0.643. The zero-order valence-corrected chi connectivity index (χ0v) is 15.1. The van der Waals surface area contributed by atoms with Crippen LogP contribution in [0.4, 0.5) is 4.79 Å². The Morgan fingerprint density at radius 1 is 1.22 bits per heavy atom. The third kappa shape index (κ3) is 8.39. The van der Waals surface area contributed by atoms with Crippen molar-refractivity contribution < 1.29 is 23.9 Å². The first kappa shape index (κ1) is 21.2. The molecule has 0 radical (unpaired) electrons. The van der Waals surface area contributed by atoms with Crippen molar-refractivity contribution in [2.24, 2.45) is 0 Å². The van der Waals surface area contributed by atoms with Crippen LogP contribution in [0.5, 0.6) is 0 Å². The number of amides is 3. The van der Waals surface area contributed by atoms with Crippen LogP contribution in [0.25, 0.3) is 0 Å². The minimum atomic E-state index is -0.834. The van der Waals surface area contributed by atoms with Crippen molar-refractivity contribution in [3.05, 3.63) is 0 Å². The number of nitrogens with zero attached hydrogens (tertiary/aromatic N) is 1. The summed E-state index contributed by atoms with van der Waals surface area (Å²) in [6.45, 7) is 8.90. The van der Waals surface area contributed by atoms with Gasteiger partial charge in [-0.3, -0.25) is 9.59 Å². The number of hydrogen-bond donors (Lipinski definition) is 2. The van der Waals surface area contributed by atoms with E-state index in [4.69, 9.17) is 9.47 Å². The smallest absolute Gasteiger partial charge is 0.410 e. The SMILES string of the molecule is CCNC(=O)C(NC(=O)CN(C)C(=O)OC(C)(C)C)C(C)OC. The Hall–Kier alpha value is -1.83. The van der Waals surface area contributed by atoms with Crippen molar-refractivity contribution in [2.45, 2.75) is 52.4 Å². The van der Waals surface area contributed by atoms with Crippen LogP contribution in [0.2, 0.25) is 0 Å². The number of rotatable bonds is 7. The van der Waals surface area contributed by atoms with Crippen molar-refractivity contribution in [2.75, 3.05) is 27.2 Å². The third-order valence-corrected chi connectivity index (χ3v) is 2.88. The Labute approximate surface area is 137 Å². The van der Waals surface area contributed by atoms with Crippen molar-refractivity contribution in [1.29, 1.82) is 0 Å². The van der Waals surface area contributed by atoms with E-state index in [1.165, 1.54) is 14.2 Å². The molecule has 8 nitrogen and oxygen atoms in total. The fourth-order valence-corrected chi connectivity index (χ4v) is 1.66. The van der Waals surface area contributed by atoms with E-state index in [9.17, 15) is 14.4 Å². The molecule has 0 aromatic carbocycles. The molecule has 0 aromatic heterocycles. The van der Waals surface area contributed by atoms with E-state index in [0.29, 0.717) is 6.54 Å². The quantitative estimate of drug-likeness (QED) is 0.708. The van der Waals surface area contributed by atoms with Crippen LogP contribution in [-0.2, 0) is 19.1 Å². The lowest BCUT2D eigenvalue weighted by molar-refractivity contribution is -0.132. The van der Waals surface area contributed by atoms with Gasteiger partial charge in [0.15, 0.2) is 0 Å². The van der Waals surface area contributed by atoms with Gasteiger partial charge in [-0.25, -0.2) is 4.79 Å². The molecular weight excluding hydrogens is 302 g/mol. The highest BCUT2D eigenvalue weighted by atomic mass is 16.6. The van der Waals surface area contributed by atoms with Gasteiger partial charge in [0, 0.05) is 20.7 Å². The Morgan fingerprint density at radius 2 is 1.78 bits per heavy atom. The largest absolute Gasteiger partial charge is 0.444 e. The number of nitrogens with one attached hydrogen (secondary N) is 2. The molecule has 0 bridgehead atoms. The molecule has 0 fully saturated rings. The third-order valence-electron chi connectivity index (χ3n) is 2.88. The molecule has 3 amide bonds. The predicted molar refractivity (Wildman–Crippen MR) is 85.9 cm³/mol. The first-order valence-electron chi connectivity index (χ1n) is 7.55. The lowest BCUT2D eigenvalue weighted by Crippen LogP contribution is -2.55. The maximum absolute atomic E-state index is 12.1. The summed E-state index contributed by atoms with van der Waals surface area (Å²) in [6.07, 6.45) is -1.11. The van der Waals surface area contributed by atoms with E-state index >= 15 is 0 Å². The summed E-state index contributed by atoms with van der Waals surface area (Å²) in [6, 6.07) is -0.834.